The van der Waals surface area contributed by atoms with E-state index in [2.05, 4.69) is 28.8 Å². The summed E-state index contributed by atoms with van der Waals surface area (Å²) < 4.78 is 0. The van der Waals surface area contributed by atoms with E-state index in [1.807, 2.05) is 18.3 Å². The van der Waals surface area contributed by atoms with Crippen LogP contribution in [0.2, 0.25) is 0 Å². The van der Waals surface area contributed by atoms with E-state index >= 15 is 0 Å². The van der Waals surface area contributed by atoms with Crippen LogP contribution in [0.3, 0.4) is 0 Å². The first kappa shape index (κ1) is 8.94. The Hall–Kier alpha value is -1.64. The number of aromatic amines is 1. The normalized spacial score (nSPS) is 10.8. The lowest BCUT2D eigenvalue weighted by Crippen LogP contribution is -1.86. The van der Waals surface area contributed by atoms with Crippen molar-refractivity contribution in [3.63, 3.8) is 0 Å². The quantitative estimate of drug-likeness (QED) is 0.785. The summed E-state index contributed by atoms with van der Waals surface area (Å²) >= 11 is 0. The highest BCUT2D eigenvalue weighted by Gasteiger charge is 2.05. The highest BCUT2D eigenvalue weighted by atomic mass is 14.9. The first-order valence-electron chi connectivity index (χ1n) is 4.72. The summed E-state index contributed by atoms with van der Waals surface area (Å²) in [5.41, 5.74) is 2.24. The number of nitrogens with zero attached hydrogens (tertiary/aromatic N) is 2. The number of H-pyrrole nitrogens is 1. The number of rotatable bonds is 2. The van der Waals surface area contributed by atoms with Gasteiger partial charge in [0.05, 0.1) is 0 Å². The summed E-state index contributed by atoms with van der Waals surface area (Å²) in [4.78, 5) is 11.6. The lowest BCUT2D eigenvalue weighted by atomic mass is 10.2. The van der Waals surface area contributed by atoms with Crippen molar-refractivity contribution in [3.05, 3.63) is 36.4 Å². The Morgan fingerprint density at radius 3 is 2.50 bits per heavy atom. The van der Waals surface area contributed by atoms with Gasteiger partial charge < -0.3 is 4.98 Å². The summed E-state index contributed by atoms with van der Waals surface area (Å²) in [6.07, 6.45) is 5.43. The van der Waals surface area contributed by atoms with Gasteiger partial charge in [0.2, 0.25) is 0 Å². The zero-order valence-corrected chi connectivity index (χ0v) is 8.36. The molecule has 14 heavy (non-hydrogen) atoms. The van der Waals surface area contributed by atoms with Gasteiger partial charge in [0.1, 0.15) is 5.82 Å². The summed E-state index contributed by atoms with van der Waals surface area (Å²) in [7, 11) is 0. The summed E-state index contributed by atoms with van der Waals surface area (Å²) in [5, 5.41) is 0. The second-order valence-corrected chi connectivity index (χ2v) is 3.58. The van der Waals surface area contributed by atoms with E-state index in [0.717, 1.165) is 17.1 Å². The van der Waals surface area contributed by atoms with Crippen LogP contribution in [0.25, 0.3) is 11.4 Å². The van der Waals surface area contributed by atoms with Crippen LogP contribution in [0.4, 0.5) is 0 Å². The molecule has 3 heteroatoms. The minimum Gasteiger partial charge on any atom is -0.342 e. The number of pyridine rings is 1. The Bertz CT molecular complexity index is 403. The third kappa shape index (κ3) is 1.66. The van der Waals surface area contributed by atoms with Crippen LogP contribution in [0, 0.1) is 0 Å². The van der Waals surface area contributed by atoms with E-state index in [9.17, 15) is 0 Å². The maximum atomic E-state index is 4.32. The van der Waals surface area contributed by atoms with Gasteiger partial charge in [-0.2, -0.15) is 0 Å². The standard InChI is InChI=1S/C11H13N3/c1-8(2)10-7-13-11(14-10)9-3-5-12-6-4-9/h3-8H,1-2H3,(H,13,14). The smallest absolute Gasteiger partial charge is 0.137 e. The maximum absolute atomic E-state index is 4.32. The van der Waals surface area contributed by atoms with Gasteiger partial charge in [-0.15, -0.1) is 0 Å². The van der Waals surface area contributed by atoms with Crippen LogP contribution in [0.15, 0.2) is 30.7 Å². The molecule has 3 nitrogen and oxygen atoms in total. The second kappa shape index (κ2) is 3.62. The molecule has 0 saturated carbocycles. The predicted molar refractivity (Wildman–Crippen MR) is 55.9 cm³/mol. The zero-order chi connectivity index (χ0) is 9.97. The average Bonchev–Trinajstić information content (AvgIpc) is 2.68. The molecule has 0 aliphatic carbocycles. The van der Waals surface area contributed by atoms with E-state index in [1.54, 1.807) is 12.4 Å². The monoisotopic (exact) mass is 187 g/mol. The van der Waals surface area contributed by atoms with Crippen molar-refractivity contribution in [1.29, 1.82) is 0 Å². The van der Waals surface area contributed by atoms with Gasteiger partial charge in [0, 0.05) is 29.8 Å². The number of imidazole rings is 1. The molecule has 2 aromatic rings. The Morgan fingerprint density at radius 2 is 1.93 bits per heavy atom. The molecule has 2 rings (SSSR count). The molecule has 1 N–H and O–H groups in total. The van der Waals surface area contributed by atoms with E-state index in [4.69, 9.17) is 0 Å². The topological polar surface area (TPSA) is 41.6 Å². The van der Waals surface area contributed by atoms with Gasteiger partial charge in [-0.3, -0.25) is 4.98 Å². The first-order valence-corrected chi connectivity index (χ1v) is 4.72. The molecule has 0 aliphatic heterocycles. The van der Waals surface area contributed by atoms with Crippen molar-refractivity contribution in [2.24, 2.45) is 0 Å². The lowest BCUT2D eigenvalue weighted by molar-refractivity contribution is 0.833. The van der Waals surface area contributed by atoms with Crippen molar-refractivity contribution >= 4 is 0 Å². The molecule has 0 saturated heterocycles. The Balaban J connectivity index is 2.34. The highest BCUT2D eigenvalue weighted by molar-refractivity contribution is 5.53. The molecular weight excluding hydrogens is 174 g/mol. The highest BCUT2D eigenvalue weighted by Crippen LogP contribution is 2.17. The van der Waals surface area contributed by atoms with Gasteiger partial charge in [-0.25, -0.2) is 4.98 Å². The molecule has 0 aliphatic rings. The molecule has 2 heterocycles. The van der Waals surface area contributed by atoms with Crippen LogP contribution in [0.5, 0.6) is 0 Å². The summed E-state index contributed by atoms with van der Waals surface area (Å²) in [5.74, 6) is 1.40. The summed E-state index contributed by atoms with van der Waals surface area (Å²) in [6, 6.07) is 3.89. The lowest BCUT2D eigenvalue weighted by Gasteiger charge is -1.98. The van der Waals surface area contributed by atoms with Crippen molar-refractivity contribution in [3.8, 4) is 11.4 Å². The minimum absolute atomic E-state index is 0.484. The van der Waals surface area contributed by atoms with Gasteiger partial charge in [-0.1, -0.05) is 13.8 Å². The molecule has 0 fully saturated rings. The molecule has 72 valence electrons. The van der Waals surface area contributed by atoms with E-state index < -0.39 is 0 Å². The molecule has 0 radical (unpaired) electrons. The van der Waals surface area contributed by atoms with Gasteiger partial charge in [0.25, 0.3) is 0 Å². The number of nitrogens with one attached hydrogen (secondary N) is 1. The van der Waals surface area contributed by atoms with Crippen LogP contribution in [-0.2, 0) is 0 Å². The molecular formula is C11H13N3. The van der Waals surface area contributed by atoms with Crippen molar-refractivity contribution < 1.29 is 0 Å². The molecule has 0 atom stereocenters. The fraction of sp³-hybridized carbons (Fsp3) is 0.273. The van der Waals surface area contributed by atoms with Crippen LogP contribution in [0.1, 0.15) is 25.5 Å². The number of hydrogen-bond acceptors (Lipinski definition) is 2. The SMILES string of the molecule is CC(C)c1cnc(-c2ccncc2)[nH]1. The fourth-order valence-electron chi connectivity index (χ4n) is 1.29. The number of hydrogen-bond donors (Lipinski definition) is 1. The van der Waals surface area contributed by atoms with E-state index in [-0.39, 0.29) is 0 Å². The van der Waals surface area contributed by atoms with Gasteiger partial charge >= 0.3 is 0 Å². The fourth-order valence-corrected chi connectivity index (χ4v) is 1.29. The van der Waals surface area contributed by atoms with E-state index in [0.29, 0.717) is 5.92 Å². The van der Waals surface area contributed by atoms with Crippen molar-refractivity contribution in [2.45, 2.75) is 19.8 Å². The van der Waals surface area contributed by atoms with Crippen molar-refractivity contribution in [1.82, 2.24) is 15.0 Å². The summed E-state index contributed by atoms with van der Waals surface area (Å²) in [6.45, 7) is 4.29. The van der Waals surface area contributed by atoms with E-state index in [1.165, 1.54) is 0 Å². The van der Waals surface area contributed by atoms with Gasteiger partial charge in [-0.05, 0) is 18.1 Å². The Kier molecular flexibility index (Phi) is 2.31. The number of aromatic nitrogens is 3. The molecule has 0 bridgehead atoms. The molecule has 0 unspecified atom stereocenters. The predicted octanol–water partition coefficient (Wildman–Crippen LogP) is 2.60. The van der Waals surface area contributed by atoms with Crippen LogP contribution in [-0.4, -0.2) is 15.0 Å². The third-order valence-electron chi connectivity index (χ3n) is 2.17. The van der Waals surface area contributed by atoms with Crippen LogP contribution >= 0.6 is 0 Å². The van der Waals surface area contributed by atoms with Crippen molar-refractivity contribution in [2.75, 3.05) is 0 Å². The zero-order valence-electron chi connectivity index (χ0n) is 8.36. The minimum atomic E-state index is 0.484. The Morgan fingerprint density at radius 1 is 1.21 bits per heavy atom. The van der Waals surface area contributed by atoms with Gasteiger partial charge in [0.15, 0.2) is 0 Å². The maximum Gasteiger partial charge on any atom is 0.137 e. The second-order valence-electron chi connectivity index (χ2n) is 3.58. The van der Waals surface area contributed by atoms with Crippen LogP contribution < -0.4 is 0 Å². The molecule has 0 amide bonds. The first-order chi connectivity index (χ1) is 6.77. The average molecular weight is 187 g/mol. The largest absolute Gasteiger partial charge is 0.342 e. The molecule has 0 aromatic carbocycles. The molecule has 2 aromatic heterocycles. The molecule has 0 spiro atoms. The third-order valence-corrected chi connectivity index (χ3v) is 2.17. The Labute approximate surface area is 83.2 Å².